The monoisotopic (exact) mass is 305 g/mol. The Morgan fingerprint density at radius 3 is 2.82 bits per heavy atom. The molecule has 1 aliphatic heterocycles. The van der Waals surface area contributed by atoms with Crippen LogP contribution in [0.2, 0.25) is 0 Å². The number of carbonyl (C=O) groups is 1. The maximum atomic E-state index is 14.0. The lowest BCUT2D eigenvalue weighted by molar-refractivity contribution is 0.0256. The molecular weight excluding hydrogens is 281 g/mol. The van der Waals surface area contributed by atoms with E-state index in [9.17, 15) is 9.18 Å². The molecule has 22 heavy (non-hydrogen) atoms. The van der Waals surface area contributed by atoms with Crippen molar-refractivity contribution in [3.63, 3.8) is 0 Å². The fourth-order valence-corrected chi connectivity index (χ4v) is 2.55. The van der Waals surface area contributed by atoms with Gasteiger partial charge in [0.15, 0.2) is 0 Å². The lowest BCUT2D eigenvalue weighted by Crippen LogP contribution is -2.39. The van der Waals surface area contributed by atoms with Crippen LogP contribution in [0.3, 0.4) is 0 Å². The highest BCUT2D eigenvalue weighted by molar-refractivity contribution is 5.69. The highest BCUT2D eigenvalue weighted by Crippen LogP contribution is 2.23. The molecule has 1 atom stereocenters. The van der Waals surface area contributed by atoms with Gasteiger partial charge in [-0.15, -0.1) is 0 Å². The van der Waals surface area contributed by atoms with Crippen LogP contribution in [0.25, 0.3) is 6.08 Å². The van der Waals surface area contributed by atoms with Gasteiger partial charge >= 0.3 is 6.09 Å². The summed E-state index contributed by atoms with van der Waals surface area (Å²) in [5.74, 6) is -0.208. The fraction of sp³-hybridized carbons (Fsp3) is 0.500. The summed E-state index contributed by atoms with van der Waals surface area (Å²) in [6.07, 6.45) is 5.17. The Morgan fingerprint density at radius 2 is 2.14 bits per heavy atom. The van der Waals surface area contributed by atoms with Crippen LogP contribution in [0.5, 0.6) is 0 Å². The Hall–Kier alpha value is -1.84. The van der Waals surface area contributed by atoms with Gasteiger partial charge in [0.2, 0.25) is 0 Å². The molecule has 0 N–H and O–H groups in total. The Labute approximate surface area is 131 Å². The van der Waals surface area contributed by atoms with Gasteiger partial charge in [-0.05, 0) is 46.1 Å². The molecule has 0 bridgehead atoms. The van der Waals surface area contributed by atoms with Crippen LogP contribution in [0, 0.1) is 12.7 Å². The predicted octanol–water partition coefficient (Wildman–Crippen LogP) is 4.55. The zero-order chi connectivity index (χ0) is 16.3. The van der Waals surface area contributed by atoms with Crippen molar-refractivity contribution in [3.05, 3.63) is 41.2 Å². The topological polar surface area (TPSA) is 29.5 Å². The molecule has 0 radical (unpaired) electrons. The molecule has 1 aromatic carbocycles. The number of hydrogen-bond donors (Lipinski definition) is 0. The summed E-state index contributed by atoms with van der Waals surface area (Å²) < 4.78 is 19.4. The SMILES string of the molecule is Cc1cccc(/C=C/[C@H]2CCCN2C(=O)OC(C)(C)C)c1F. The lowest BCUT2D eigenvalue weighted by atomic mass is 10.1. The second-order valence-corrected chi connectivity index (χ2v) is 6.72. The highest BCUT2D eigenvalue weighted by atomic mass is 19.1. The average molecular weight is 305 g/mol. The first kappa shape index (κ1) is 16.5. The summed E-state index contributed by atoms with van der Waals surface area (Å²) in [5, 5.41) is 0. The molecule has 3 nitrogen and oxygen atoms in total. The van der Waals surface area contributed by atoms with E-state index >= 15 is 0 Å². The van der Waals surface area contributed by atoms with E-state index in [-0.39, 0.29) is 18.0 Å². The Bertz CT molecular complexity index is 575. The average Bonchev–Trinajstić information content (AvgIpc) is 2.87. The summed E-state index contributed by atoms with van der Waals surface area (Å²) in [7, 11) is 0. The first-order chi connectivity index (χ1) is 10.3. The van der Waals surface area contributed by atoms with Crippen LogP contribution < -0.4 is 0 Å². The van der Waals surface area contributed by atoms with Crippen molar-refractivity contribution in [1.29, 1.82) is 0 Å². The molecule has 2 rings (SSSR count). The van der Waals surface area contributed by atoms with Crippen molar-refractivity contribution in [2.24, 2.45) is 0 Å². The number of ether oxygens (including phenoxy) is 1. The van der Waals surface area contributed by atoms with Crippen LogP contribution in [0.4, 0.5) is 9.18 Å². The standard InChI is InChI=1S/C18H24FNO2/c1-13-7-5-8-14(16(13)19)10-11-15-9-6-12-20(15)17(21)22-18(2,3)4/h5,7-8,10-11,15H,6,9,12H2,1-4H3/b11-10+/t15-/m1/s1. The van der Waals surface area contributed by atoms with Crippen molar-refractivity contribution in [1.82, 2.24) is 4.90 Å². The molecule has 1 aliphatic rings. The van der Waals surface area contributed by atoms with Gasteiger partial charge in [0.05, 0.1) is 6.04 Å². The zero-order valence-corrected chi connectivity index (χ0v) is 13.7. The molecule has 0 saturated carbocycles. The maximum Gasteiger partial charge on any atom is 0.410 e. The van der Waals surface area contributed by atoms with Gasteiger partial charge in [-0.2, -0.15) is 0 Å². The molecule has 0 spiro atoms. The number of nitrogens with zero attached hydrogens (tertiary/aromatic N) is 1. The zero-order valence-electron chi connectivity index (χ0n) is 13.7. The minimum atomic E-state index is -0.503. The minimum Gasteiger partial charge on any atom is -0.444 e. The van der Waals surface area contributed by atoms with Crippen LogP contribution >= 0.6 is 0 Å². The number of hydrogen-bond acceptors (Lipinski definition) is 2. The second-order valence-electron chi connectivity index (χ2n) is 6.72. The molecule has 1 aromatic rings. The van der Waals surface area contributed by atoms with Crippen molar-refractivity contribution in [2.75, 3.05) is 6.54 Å². The molecule has 1 fully saturated rings. The summed E-state index contributed by atoms with van der Waals surface area (Å²) in [5.41, 5.74) is 0.671. The van der Waals surface area contributed by atoms with E-state index in [0.717, 1.165) is 12.8 Å². The van der Waals surface area contributed by atoms with Crippen LogP contribution in [0.15, 0.2) is 24.3 Å². The molecule has 1 saturated heterocycles. The number of carbonyl (C=O) groups excluding carboxylic acids is 1. The van der Waals surface area contributed by atoms with Gasteiger partial charge in [0.25, 0.3) is 0 Å². The first-order valence-electron chi connectivity index (χ1n) is 7.71. The van der Waals surface area contributed by atoms with Gasteiger partial charge in [-0.3, -0.25) is 0 Å². The smallest absolute Gasteiger partial charge is 0.410 e. The molecule has 1 amide bonds. The van der Waals surface area contributed by atoms with Gasteiger partial charge in [0, 0.05) is 12.1 Å². The lowest BCUT2D eigenvalue weighted by Gasteiger charge is -2.27. The number of rotatable bonds is 2. The number of benzene rings is 1. The minimum absolute atomic E-state index is 0.0326. The molecule has 0 aliphatic carbocycles. The fourth-order valence-electron chi connectivity index (χ4n) is 2.55. The Balaban J connectivity index is 2.09. The quantitative estimate of drug-likeness (QED) is 0.802. The van der Waals surface area contributed by atoms with Crippen molar-refractivity contribution >= 4 is 12.2 Å². The molecule has 4 heteroatoms. The second kappa shape index (κ2) is 6.51. The van der Waals surface area contributed by atoms with Crippen molar-refractivity contribution in [2.45, 2.75) is 52.2 Å². The normalized spacial score (nSPS) is 19.0. The van der Waals surface area contributed by atoms with Gasteiger partial charge in [-0.25, -0.2) is 9.18 Å². The number of aryl methyl sites for hydroxylation is 1. The molecule has 120 valence electrons. The van der Waals surface area contributed by atoms with Gasteiger partial charge in [0.1, 0.15) is 11.4 Å². The maximum absolute atomic E-state index is 14.0. The predicted molar refractivity (Wildman–Crippen MR) is 86.1 cm³/mol. The van der Waals surface area contributed by atoms with Crippen LogP contribution in [-0.2, 0) is 4.74 Å². The van der Waals surface area contributed by atoms with E-state index < -0.39 is 5.60 Å². The number of amides is 1. The molecule has 1 heterocycles. The summed E-state index contributed by atoms with van der Waals surface area (Å²) in [6, 6.07) is 5.29. The largest absolute Gasteiger partial charge is 0.444 e. The molecule has 0 unspecified atom stereocenters. The third-order valence-electron chi connectivity index (χ3n) is 3.65. The third-order valence-corrected chi connectivity index (χ3v) is 3.65. The van der Waals surface area contributed by atoms with Crippen molar-refractivity contribution in [3.8, 4) is 0 Å². The third kappa shape index (κ3) is 4.09. The van der Waals surface area contributed by atoms with Crippen LogP contribution in [-0.4, -0.2) is 29.2 Å². The Kier molecular flexibility index (Phi) is 4.89. The van der Waals surface area contributed by atoms with Gasteiger partial charge in [-0.1, -0.05) is 30.4 Å². The summed E-state index contributed by atoms with van der Waals surface area (Å²) in [4.78, 5) is 13.9. The highest BCUT2D eigenvalue weighted by Gasteiger charge is 2.30. The summed E-state index contributed by atoms with van der Waals surface area (Å²) >= 11 is 0. The van der Waals surface area contributed by atoms with E-state index in [1.807, 2.05) is 32.9 Å². The number of halogens is 1. The molecular formula is C18H24FNO2. The molecule has 0 aromatic heterocycles. The summed E-state index contributed by atoms with van der Waals surface area (Å²) in [6.45, 7) is 7.99. The van der Waals surface area contributed by atoms with E-state index in [2.05, 4.69) is 0 Å². The van der Waals surface area contributed by atoms with E-state index in [4.69, 9.17) is 4.74 Å². The van der Waals surface area contributed by atoms with E-state index in [0.29, 0.717) is 17.7 Å². The van der Waals surface area contributed by atoms with Crippen molar-refractivity contribution < 1.29 is 13.9 Å². The Morgan fingerprint density at radius 1 is 1.41 bits per heavy atom. The van der Waals surface area contributed by atoms with Gasteiger partial charge < -0.3 is 9.64 Å². The first-order valence-corrected chi connectivity index (χ1v) is 7.71. The van der Waals surface area contributed by atoms with E-state index in [1.165, 1.54) is 0 Å². The van der Waals surface area contributed by atoms with Crippen LogP contribution in [0.1, 0.15) is 44.7 Å². The van der Waals surface area contributed by atoms with E-state index in [1.54, 1.807) is 30.0 Å². The number of likely N-dealkylation sites (tertiary alicyclic amines) is 1.